The molecule has 0 aliphatic heterocycles. The largest absolute Gasteiger partial charge is 0.496 e. The van der Waals surface area contributed by atoms with Crippen molar-refractivity contribution in [2.75, 3.05) is 21.0 Å². The Hall–Kier alpha value is -2.04. The van der Waals surface area contributed by atoms with Crippen LogP contribution in [0, 0.1) is 0 Å². The maximum Gasteiger partial charge on any atom is 0.188 e. The van der Waals surface area contributed by atoms with E-state index < -0.39 is 0 Å². The summed E-state index contributed by atoms with van der Waals surface area (Å²) in [5.74, 6) is 1.53. The van der Waals surface area contributed by atoms with Crippen molar-refractivity contribution in [1.82, 2.24) is 0 Å². The molecular formula is C16H19NO3. The van der Waals surface area contributed by atoms with Crippen LogP contribution in [-0.2, 0) is 11.3 Å². The Kier molecular flexibility index (Phi) is 4.98. The summed E-state index contributed by atoms with van der Waals surface area (Å²) in [5, 5.41) is 0. The van der Waals surface area contributed by atoms with Crippen LogP contribution in [0.3, 0.4) is 0 Å². The van der Waals surface area contributed by atoms with E-state index in [1.54, 1.807) is 14.2 Å². The predicted octanol–water partition coefficient (Wildman–Crippen LogP) is 2.80. The van der Waals surface area contributed by atoms with Crippen LogP contribution >= 0.6 is 0 Å². The molecule has 2 aromatic carbocycles. The second-order valence-corrected chi connectivity index (χ2v) is 4.25. The van der Waals surface area contributed by atoms with Crippen molar-refractivity contribution < 1.29 is 14.2 Å². The third-order valence-electron chi connectivity index (χ3n) is 3.03. The summed E-state index contributed by atoms with van der Waals surface area (Å²) in [6, 6.07) is 13.7. The molecule has 0 saturated carbocycles. The molecule has 2 rings (SSSR count). The Bertz CT molecular complexity index is 569. The Labute approximate surface area is 119 Å². The number of para-hydroxylation sites is 2. The fourth-order valence-electron chi connectivity index (χ4n) is 2.11. The van der Waals surface area contributed by atoms with Gasteiger partial charge in [-0.2, -0.15) is 0 Å². The van der Waals surface area contributed by atoms with Gasteiger partial charge >= 0.3 is 0 Å². The van der Waals surface area contributed by atoms with Gasteiger partial charge in [-0.25, -0.2) is 0 Å². The average molecular weight is 273 g/mol. The monoisotopic (exact) mass is 273 g/mol. The Morgan fingerprint density at radius 2 is 1.70 bits per heavy atom. The average Bonchev–Trinajstić information content (AvgIpc) is 2.52. The van der Waals surface area contributed by atoms with Crippen LogP contribution in [0.15, 0.2) is 42.5 Å². The highest BCUT2D eigenvalue weighted by Gasteiger charge is 2.14. The van der Waals surface area contributed by atoms with Crippen molar-refractivity contribution >= 4 is 0 Å². The molecule has 0 amide bonds. The molecule has 0 aliphatic rings. The lowest BCUT2D eigenvalue weighted by Gasteiger charge is -2.16. The van der Waals surface area contributed by atoms with Crippen molar-refractivity contribution in [3.8, 4) is 22.6 Å². The number of rotatable bonds is 6. The first-order chi connectivity index (χ1) is 9.81. The van der Waals surface area contributed by atoms with Gasteiger partial charge in [0.25, 0.3) is 0 Å². The summed E-state index contributed by atoms with van der Waals surface area (Å²) in [6.45, 7) is 0.585. The van der Waals surface area contributed by atoms with Crippen LogP contribution < -0.4 is 15.2 Å². The third-order valence-corrected chi connectivity index (χ3v) is 3.03. The molecule has 0 radical (unpaired) electrons. The molecule has 0 atom stereocenters. The SMILES string of the molecule is COCOc1c(CN)cccc1-c1ccccc1OC. The molecule has 0 heterocycles. The van der Waals surface area contributed by atoms with Crippen molar-refractivity contribution in [1.29, 1.82) is 0 Å². The minimum Gasteiger partial charge on any atom is -0.496 e. The van der Waals surface area contributed by atoms with Crippen molar-refractivity contribution in [3.63, 3.8) is 0 Å². The molecule has 4 heteroatoms. The first-order valence-corrected chi connectivity index (χ1v) is 6.39. The zero-order valence-electron chi connectivity index (χ0n) is 11.8. The van der Waals surface area contributed by atoms with Gasteiger partial charge < -0.3 is 19.9 Å². The summed E-state index contributed by atoms with van der Waals surface area (Å²) >= 11 is 0. The fourth-order valence-corrected chi connectivity index (χ4v) is 2.11. The van der Waals surface area contributed by atoms with Gasteiger partial charge in [-0.3, -0.25) is 0 Å². The van der Waals surface area contributed by atoms with Gasteiger partial charge in [-0.15, -0.1) is 0 Å². The highest BCUT2D eigenvalue weighted by Crippen LogP contribution is 2.38. The summed E-state index contributed by atoms with van der Waals surface area (Å²) in [7, 11) is 3.25. The summed E-state index contributed by atoms with van der Waals surface area (Å²) in [4.78, 5) is 0. The Morgan fingerprint density at radius 1 is 0.950 bits per heavy atom. The lowest BCUT2D eigenvalue weighted by Crippen LogP contribution is -2.06. The van der Waals surface area contributed by atoms with Gasteiger partial charge in [0.1, 0.15) is 11.5 Å². The first-order valence-electron chi connectivity index (χ1n) is 6.39. The highest BCUT2D eigenvalue weighted by atomic mass is 16.7. The summed E-state index contributed by atoms with van der Waals surface area (Å²) in [6.07, 6.45) is 0. The molecule has 106 valence electrons. The number of hydrogen-bond donors (Lipinski definition) is 1. The molecule has 2 aromatic rings. The number of nitrogens with two attached hydrogens (primary N) is 1. The summed E-state index contributed by atoms with van der Waals surface area (Å²) in [5.41, 5.74) is 8.64. The topological polar surface area (TPSA) is 53.7 Å². The maximum absolute atomic E-state index is 5.79. The van der Waals surface area contributed by atoms with Gasteiger partial charge in [0, 0.05) is 30.3 Å². The highest BCUT2D eigenvalue weighted by molar-refractivity contribution is 5.77. The lowest BCUT2D eigenvalue weighted by atomic mass is 10.0. The van der Waals surface area contributed by atoms with Crippen LogP contribution in [-0.4, -0.2) is 21.0 Å². The van der Waals surface area contributed by atoms with E-state index in [0.29, 0.717) is 6.54 Å². The van der Waals surface area contributed by atoms with Crippen molar-refractivity contribution in [3.05, 3.63) is 48.0 Å². The molecular weight excluding hydrogens is 254 g/mol. The van der Waals surface area contributed by atoms with Gasteiger partial charge in [-0.1, -0.05) is 36.4 Å². The second-order valence-electron chi connectivity index (χ2n) is 4.25. The Morgan fingerprint density at radius 3 is 2.40 bits per heavy atom. The quantitative estimate of drug-likeness (QED) is 0.822. The third kappa shape index (κ3) is 2.92. The lowest BCUT2D eigenvalue weighted by molar-refractivity contribution is 0.0508. The molecule has 0 saturated heterocycles. The van der Waals surface area contributed by atoms with Gasteiger partial charge in [0.05, 0.1) is 7.11 Å². The Balaban J connectivity index is 2.54. The fraction of sp³-hybridized carbons (Fsp3) is 0.250. The molecule has 2 N–H and O–H groups in total. The number of benzene rings is 2. The van der Waals surface area contributed by atoms with Crippen LogP contribution in [0.5, 0.6) is 11.5 Å². The van der Waals surface area contributed by atoms with Crippen LogP contribution in [0.2, 0.25) is 0 Å². The standard InChI is InChI=1S/C16H19NO3/c1-18-11-20-16-12(10-17)6-5-8-14(16)13-7-3-4-9-15(13)19-2/h3-9H,10-11,17H2,1-2H3. The number of methoxy groups -OCH3 is 2. The molecule has 0 aliphatic carbocycles. The molecule has 0 spiro atoms. The smallest absolute Gasteiger partial charge is 0.188 e. The van der Waals surface area contributed by atoms with Crippen LogP contribution in [0.4, 0.5) is 0 Å². The van der Waals surface area contributed by atoms with E-state index in [9.17, 15) is 0 Å². The zero-order valence-corrected chi connectivity index (χ0v) is 11.8. The zero-order chi connectivity index (χ0) is 14.4. The normalized spacial score (nSPS) is 10.3. The summed E-state index contributed by atoms with van der Waals surface area (Å²) < 4.78 is 16.1. The van der Waals surface area contributed by atoms with E-state index in [1.165, 1.54) is 0 Å². The predicted molar refractivity (Wildman–Crippen MR) is 78.8 cm³/mol. The van der Waals surface area contributed by atoms with Gasteiger partial charge in [0.15, 0.2) is 6.79 Å². The van der Waals surface area contributed by atoms with E-state index >= 15 is 0 Å². The van der Waals surface area contributed by atoms with E-state index in [4.69, 9.17) is 19.9 Å². The van der Waals surface area contributed by atoms with Gasteiger partial charge in [-0.05, 0) is 6.07 Å². The minimum absolute atomic E-state index is 0.180. The van der Waals surface area contributed by atoms with Gasteiger partial charge in [0.2, 0.25) is 0 Å². The molecule has 4 nitrogen and oxygen atoms in total. The molecule has 0 aromatic heterocycles. The molecule has 0 bridgehead atoms. The first kappa shape index (κ1) is 14.4. The van der Waals surface area contributed by atoms with Crippen LogP contribution in [0.1, 0.15) is 5.56 Å². The van der Waals surface area contributed by atoms with Crippen molar-refractivity contribution in [2.24, 2.45) is 5.73 Å². The molecule has 0 unspecified atom stereocenters. The minimum atomic E-state index is 0.180. The van der Waals surface area contributed by atoms with E-state index in [2.05, 4.69) is 0 Å². The van der Waals surface area contributed by atoms with E-state index in [-0.39, 0.29) is 6.79 Å². The number of hydrogen-bond acceptors (Lipinski definition) is 4. The second kappa shape index (κ2) is 6.93. The number of ether oxygens (including phenoxy) is 3. The molecule has 20 heavy (non-hydrogen) atoms. The van der Waals surface area contributed by atoms with E-state index in [0.717, 1.165) is 28.2 Å². The van der Waals surface area contributed by atoms with Crippen molar-refractivity contribution in [2.45, 2.75) is 6.54 Å². The molecule has 0 fully saturated rings. The van der Waals surface area contributed by atoms with E-state index in [1.807, 2.05) is 42.5 Å². The van der Waals surface area contributed by atoms with Crippen LogP contribution in [0.25, 0.3) is 11.1 Å². The maximum atomic E-state index is 5.79.